The zero-order valence-corrected chi connectivity index (χ0v) is 19.2. The van der Waals surface area contributed by atoms with E-state index in [2.05, 4.69) is 20.9 Å². The molecule has 0 radical (unpaired) electrons. The molecule has 0 aromatic heterocycles. The van der Waals surface area contributed by atoms with E-state index in [1.807, 2.05) is 30.3 Å². The van der Waals surface area contributed by atoms with Crippen LogP contribution in [-0.2, 0) is 16.0 Å². The number of nitrogens with zero attached hydrogens (tertiary/aromatic N) is 1. The normalized spacial score (nSPS) is 12.6. The molecule has 0 saturated heterocycles. The monoisotopic (exact) mass is 473 g/mol. The van der Waals surface area contributed by atoms with Crippen molar-refractivity contribution in [2.24, 2.45) is 16.5 Å². The van der Waals surface area contributed by atoms with Crippen LogP contribution in [0.3, 0.4) is 0 Å². The number of benzene rings is 2. The van der Waals surface area contributed by atoms with Crippen molar-refractivity contribution in [3.63, 3.8) is 0 Å². The number of primary amides is 1. The van der Waals surface area contributed by atoms with Crippen molar-refractivity contribution in [3.8, 4) is 0 Å². The highest BCUT2D eigenvalue weighted by Crippen LogP contribution is 2.06. The van der Waals surface area contributed by atoms with Crippen molar-refractivity contribution < 1.29 is 26.8 Å². The predicted octanol–water partition coefficient (Wildman–Crippen LogP) is -2.68. The molecule has 2 rings (SSSR count). The van der Waals surface area contributed by atoms with Crippen LogP contribution in [0.4, 0.5) is 0 Å². The number of nitrogens with one attached hydrogen (secondary N) is 3. The number of amides is 3. The topological polar surface area (TPSA) is 152 Å². The molecule has 2 aromatic carbocycles. The average Bonchev–Trinajstić information content (AvgIpc) is 2.81. The van der Waals surface area contributed by atoms with E-state index < -0.39 is 23.9 Å². The molecule has 2 aromatic rings. The minimum absolute atomic E-state index is 0. The highest BCUT2D eigenvalue weighted by Gasteiger charge is 2.26. The van der Waals surface area contributed by atoms with Gasteiger partial charge in [0.15, 0.2) is 5.96 Å². The van der Waals surface area contributed by atoms with Gasteiger partial charge in [-0.1, -0.05) is 48.5 Å². The van der Waals surface area contributed by atoms with E-state index in [1.165, 1.54) is 0 Å². The Bertz CT molecular complexity index is 924. The first-order valence-electron chi connectivity index (χ1n) is 10.4. The summed E-state index contributed by atoms with van der Waals surface area (Å²) in [5.74, 6) is -1.22. The Morgan fingerprint density at radius 1 is 0.909 bits per heavy atom. The molecule has 0 fully saturated rings. The van der Waals surface area contributed by atoms with Crippen molar-refractivity contribution in [1.82, 2.24) is 16.0 Å². The molecule has 0 aliphatic heterocycles. The highest BCUT2D eigenvalue weighted by molar-refractivity contribution is 5.98. The average molecular weight is 474 g/mol. The minimum atomic E-state index is -0.901. The summed E-state index contributed by atoms with van der Waals surface area (Å²) in [6.07, 6.45) is 1.11. The van der Waals surface area contributed by atoms with E-state index in [4.69, 9.17) is 11.5 Å². The maximum Gasteiger partial charge on any atom is 0.251 e. The molecule has 9 nitrogen and oxygen atoms in total. The van der Waals surface area contributed by atoms with E-state index in [0.717, 1.165) is 5.56 Å². The van der Waals surface area contributed by atoms with Crippen LogP contribution in [0.15, 0.2) is 65.7 Å². The molecule has 2 atom stereocenters. The SMILES string of the molecule is CN=C(N)NCCC[C@@H](NC(=O)c1ccccc1)C(=O)N[C@H](Cc1ccccc1)C(N)=O.[Cl-]. The number of carbonyl (C=O) groups excluding carboxylic acids is 3. The number of halogens is 1. The van der Waals surface area contributed by atoms with Gasteiger partial charge in [-0.25, -0.2) is 0 Å². The fourth-order valence-corrected chi connectivity index (χ4v) is 3.05. The third-order valence-electron chi connectivity index (χ3n) is 4.82. The maximum absolute atomic E-state index is 13.0. The number of hydrogen-bond acceptors (Lipinski definition) is 4. The van der Waals surface area contributed by atoms with Crippen molar-refractivity contribution in [2.75, 3.05) is 13.6 Å². The lowest BCUT2D eigenvalue weighted by atomic mass is 10.0. The van der Waals surface area contributed by atoms with E-state index in [1.54, 1.807) is 37.4 Å². The van der Waals surface area contributed by atoms with Crippen LogP contribution in [0.2, 0.25) is 0 Å². The van der Waals surface area contributed by atoms with Gasteiger partial charge in [0, 0.05) is 25.6 Å². The summed E-state index contributed by atoms with van der Waals surface area (Å²) in [5, 5.41) is 8.35. The standard InChI is InChI=1S/C23H30N6O3.ClH/c1-26-23(25)27-14-8-13-18(28-21(31)17-11-6-3-7-12-17)22(32)29-19(20(24)30)15-16-9-4-2-5-10-16;/h2-7,9-12,18-19H,8,13-15H2,1H3,(H2,24,30)(H,28,31)(H,29,32)(H3,25,26,27);1H/p-1/t18-,19-;/m1./s1. The second kappa shape index (κ2) is 14.5. The van der Waals surface area contributed by atoms with Crippen LogP contribution in [0.1, 0.15) is 28.8 Å². The molecule has 3 amide bonds. The number of aliphatic imine (C=N–C) groups is 1. The first kappa shape index (κ1) is 27.4. The Kier molecular flexibility index (Phi) is 12.0. The Morgan fingerprint density at radius 2 is 1.52 bits per heavy atom. The minimum Gasteiger partial charge on any atom is -1.00 e. The fourth-order valence-electron chi connectivity index (χ4n) is 3.05. The van der Waals surface area contributed by atoms with Crippen molar-refractivity contribution in [2.45, 2.75) is 31.3 Å². The first-order chi connectivity index (χ1) is 15.4. The zero-order valence-electron chi connectivity index (χ0n) is 18.5. The van der Waals surface area contributed by atoms with Crippen molar-refractivity contribution in [3.05, 3.63) is 71.8 Å². The number of rotatable bonds is 11. The van der Waals surface area contributed by atoms with Gasteiger partial charge in [-0.05, 0) is 30.5 Å². The summed E-state index contributed by atoms with van der Waals surface area (Å²) >= 11 is 0. The molecule has 7 N–H and O–H groups in total. The lowest BCUT2D eigenvalue weighted by Crippen LogP contribution is -3.00. The molecule has 33 heavy (non-hydrogen) atoms. The largest absolute Gasteiger partial charge is 1.00 e. The third kappa shape index (κ3) is 9.61. The number of nitrogens with two attached hydrogens (primary N) is 2. The van der Waals surface area contributed by atoms with Gasteiger partial charge in [0.1, 0.15) is 12.1 Å². The summed E-state index contributed by atoms with van der Waals surface area (Å²) in [4.78, 5) is 41.4. The first-order valence-corrected chi connectivity index (χ1v) is 10.4. The summed E-state index contributed by atoms with van der Waals surface area (Å²) in [7, 11) is 1.56. The Hall–Kier alpha value is -3.59. The molecule has 0 aliphatic rings. The molecule has 0 bridgehead atoms. The Balaban J connectivity index is 0.00000544. The third-order valence-corrected chi connectivity index (χ3v) is 4.82. The van der Waals surface area contributed by atoms with Crippen LogP contribution in [0.25, 0.3) is 0 Å². The van der Waals surface area contributed by atoms with Gasteiger partial charge in [-0.15, -0.1) is 0 Å². The van der Waals surface area contributed by atoms with Gasteiger partial charge in [-0.3, -0.25) is 19.4 Å². The van der Waals surface area contributed by atoms with Crippen molar-refractivity contribution >= 4 is 23.7 Å². The van der Waals surface area contributed by atoms with Crippen LogP contribution in [0.5, 0.6) is 0 Å². The lowest BCUT2D eigenvalue weighted by Gasteiger charge is -2.22. The molecular formula is C23H30ClN6O3-. The summed E-state index contributed by atoms with van der Waals surface area (Å²) in [6.45, 7) is 0.470. The van der Waals surface area contributed by atoms with Gasteiger partial charge in [-0.2, -0.15) is 0 Å². The molecule has 0 saturated carbocycles. The molecular weight excluding hydrogens is 444 g/mol. The van der Waals surface area contributed by atoms with Crippen LogP contribution in [-0.4, -0.2) is 49.4 Å². The molecule has 0 spiro atoms. The zero-order chi connectivity index (χ0) is 23.3. The number of hydrogen-bond donors (Lipinski definition) is 5. The van der Waals surface area contributed by atoms with Gasteiger partial charge in [0.25, 0.3) is 5.91 Å². The van der Waals surface area contributed by atoms with E-state index in [0.29, 0.717) is 24.9 Å². The number of carbonyl (C=O) groups is 3. The smallest absolute Gasteiger partial charge is 0.251 e. The summed E-state index contributed by atoms with van der Waals surface area (Å²) in [5.41, 5.74) is 12.4. The van der Waals surface area contributed by atoms with Crippen LogP contribution in [0, 0.1) is 0 Å². The fraction of sp³-hybridized carbons (Fsp3) is 0.304. The van der Waals surface area contributed by atoms with E-state index in [-0.39, 0.29) is 30.7 Å². The molecule has 10 heteroatoms. The molecule has 0 aliphatic carbocycles. The van der Waals surface area contributed by atoms with E-state index >= 15 is 0 Å². The van der Waals surface area contributed by atoms with E-state index in [9.17, 15) is 14.4 Å². The van der Waals surface area contributed by atoms with Gasteiger partial charge >= 0.3 is 0 Å². The summed E-state index contributed by atoms with van der Waals surface area (Å²) in [6, 6.07) is 16.1. The lowest BCUT2D eigenvalue weighted by molar-refractivity contribution is -0.128. The highest BCUT2D eigenvalue weighted by atomic mass is 35.5. The summed E-state index contributed by atoms with van der Waals surface area (Å²) < 4.78 is 0. The quantitative estimate of drug-likeness (QED) is 0.137. The van der Waals surface area contributed by atoms with Crippen molar-refractivity contribution in [1.29, 1.82) is 0 Å². The van der Waals surface area contributed by atoms with Gasteiger partial charge < -0.3 is 39.8 Å². The Labute approximate surface area is 199 Å². The molecule has 0 unspecified atom stereocenters. The van der Waals surface area contributed by atoms with Gasteiger partial charge in [0.05, 0.1) is 0 Å². The number of guanidine groups is 1. The van der Waals surface area contributed by atoms with Gasteiger partial charge in [0.2, 0.25) is 11.8 Å². The molecule has 178 valence electrons. The van der Waals surface area contributed by atoms with Crippen LogP contribution >= 0.6 is 0 Å². The molecule has 0 heterocycles. The Morgan fingerprint density at radius 3 is 2.09 bits per heavy atom. The second-order valence-corrected chi connectivity index (χ2v) is 7.22. The maximum atomic E-state index is 13.0. The predicted molar refractivity (Wildman–Crippen MR) is 124 cm³/mol. The van der Waals surface area contributed by atoms with Crippen LogP contribution < -0.4 is 39.8 Å². The second-order valence-electron chi connectivity index (χ2n) is 7.22.